The molecule has 0 fully saturated rings. The van der Waals surface area contributed by atoms with Crippen molar-refractivity contribution in [2.45, 2.75) is 19.1 Å². The number of aliphatic hydroxyl groups excluding tert-OH is 2. The van der Waals surface area contributed by atoms with Crippen molar-refractivity contribution in [3.05, 3.63) is 34.0 Å². The molecule has 0 amide bonds. The predicted octanol–water partition coefficient (Wildman–Crippen LogP) is 1.15. The molecule has 0 bridgehead atoms. The normalized spacial score (nSPS) is 14.0. The Morgan fingerprint density at radius 1 is 1.52 bits per heavy atom. The second-order valence-electron chi connectivity index (χ2n) is 4.38. The van der Waals surface area contributed by atoms with Crippen LogP contribution in [0.2, 0.25) is 0 Å². The van der Waals surface area contributed by atoms with Gasteiger partial charge in [0, 0.05) is 24.1 Å². The average Bonchev–Trinajstić information content (AvgIpc) is 2.87. The lowest BCUT2D eigenvalue weighted by Crippen LogP contribution is -2.21. The third kappa shape index (κ3) is 3.20. The molecule has 0 spiro atoms. The summed E-state index contributed by atoms with van der Waals surface area (Å²) < 4.78 is 0. The number of non-ortho nitro benzene ring substituents is 1. The first-order valence-electron chi connectivity index (χ1n) is 6.02. The molecule has 1 aromatic heterocycles. The van der Waals surface area contributed by atoms with Gasteiger partial charge in [-0.25, -0.2) is 0 Å². The Morgan fingerprint density at radius 3 is 2.86 bits per heavy atom. The number of hydrogen-bond acceptors (Lipinski definition) is 7. The first-order valence-corrected chi connectivity index (χ1v) is 7.01. The molecule has 2 unspecified atom stereocenters. The highest BCUT2D eigenvalue weighted by molar-refractivity contribution is 8.13. The van der Waals surface area contributed by atoms with Crippen molar-refractivity contribution in [3.63, 3.8) is 0 Å². The minimum atomic E-state index is -1.32. The van der Waals surface area contributed by atoms with Gasteiger partial charge in [0.05, 0.1) is 16.7 Å². The zero-order valence-corrected chi connectivity index (χ0v) is 11.8. The number of nitro benzene ring substituents is 1. The molecule has 1 heterocycles. The number of carbonyl (C=O) groups is 1. The Kier molecular flexibility index (Phi) is 4.56. The van der Waals surface area contributed by atoms with Crippen LogP contribution in [0.1, 0.15) is 18.7 Å². The highest BCUT2D eigenvalue weighted by Crippen LogP contribution is 2.30. The van der Waals surface area contributed by atoms with E-state index in [-0.39, 0.29) is 27.8 Å². The summed E-state index contributed by atoms with van der Waals surface area (Å²) >= 11 is 0.887. The number of fused-ring (bicyclic) bond motifs is 1. The highest BCUT2D eigenvalue weighted by atomic mass is 32.2. The van der Waals surface area contributed by atoms with Crippen LogP contribution in [0.3, 0.4) is 0 Å². The van der Waals surface area contributed by atoms with Gasteiger partial charge in [0.2, 0.25) is 0 Å². The summed E-state index contributed by atoms with van der Waals surface area (Å²) in [4.78, 5) is 21.2. The van der Waals surface area contributed by atoms with E-state index in [1.54, 1.807) is 6.07 Å². The van der Waals surface area contributed by atoms with Crippen LogP contribution in [-0.4, -0.2) is 42.3 Å². The lowest BCUT2D eigenvalue weighted by molar-refractivity contribution is -0.383. The van der Waals surface area contributed by atoms with Crippen LogP contribution in [0.5, 0.6) is 0 Å². The second-order valence-corrected chi connectivity index (χ2v) is 5.58. The van der Waals surface area contributed by atoms with E-state index in [1.165, 1.54) is 19.1 Å². The van der Waals surface area contributed by atoms with E-state index in [0.717, 1.165) is 11.8 Å². The molecular formula is C12H13N3O5S. The van der Waals surface area contributed by atoms with Gasteiger partial charge in [-0.3, -0.25) is 20.0 Å². The Balaban J connectivity index is 2.32. The monoisotopic (exact) mass is 311 g/mol. The van der Waals surface area contributed by atoms with Gasteiger partial charge in [-0.1, -0.05) is 23.9 Å². The maximum absolute atomic E-state index is 10.9. The number of rotatable bonds is 5. The van der Waals surface area contributed by atoms with Crippen LogP contribution in [-0.2, 0) is 4.79 Å². The molecule has 3 N–H and O–H groups in total. The molecule has 0 aliphatic heterocycles. The average molecular weight is 311 g/mol. The van der Waals surface area contributed by atoms with E-state index in [4.69, 9.17) is 0 Å². The molecule has 0 saturated carbocycles. The Labute approximate surface area is 123 Å². The minimum absolute atomic E-state index is 0.0198. The fraction of sp³-hybridized carbons (Fsp3) is 0.333. The SMILES string of the molecule is CC(=O)SCC(O)C(O)c1[nH]nc2c([N+](=O)[O-])cccc12. The van der Waals surface area contributed by atoms with Gasteiger partial charge >= 0.3 is 0 Å². The number of aliphatic hydroxyl groups is 2. The molecule has 21 heavy (non-hydrogen) atoms. The molecule has 0 radical (unpaired) electrons. The molecular weight excluding hydrogens is 298 g/mol. The first-order chi connectivity index (χ1) is 9.91. The summed E-state index contributed by atoms with van der Waals surface area (Å²) in [7, 11) is 0. The second kappa shape index (κ2) is 6.20. The van der Waals surface area contributed by atoms with Crippen molar-refractivity contribution in [3.8, 4) is 0 Å². The summed E-state index contributed by atoms with van der Waals surface area (Å²) in [6.07, 6.45) is -2.51. The molecule has 2 atom stereocenters. The number of benzene rings is 1. The van der Waals surface area contributed by atoms with Gasteiger partial charge in [-0.05, 0) is 0 Å². The Bertz CT molecular complexity index is 687. The number of nitro groups is 1. The van der Waals surface area contributed by atoms with E-state index >= 15 is 0 Å². The topological polar surface area (TPSA) is 129 Å². The van der Waals surface area contributed by atoms with Crippen molar-refractivity contribution >= 4 is 33.5 Å². The quantitative estimate of drug-likeness (QED) is 0.557. The van der Waals surface area contributed by atoms with Gasteiger partial charge in [0.1, 0.15) is 6.10 Å². The predicted molar refractivity (Wildman–Crippen MR) is 76.9 cm³/mol. The molecule has 0 aliphatic carbocycles. The zero-order chi connectivity index (χ0) is 15.6. The van der Waals surface area contributed by atoms with Gasteiger partial charge in [-0.15, -0.1) is 0 Å². The van der Waals surface area contributed by atoms with Gasteiger partial charge in [0.25, 0.3) is 5.69 Å². The van der Waals surface area contributed by atoms with Crippen molar-refractivity contribution in [2.75, 3.05) is 5.75 Å². The van der Waals surface area contributed by atoms with Crippen LogP contribution in [0.25, 0.3) is 10.9 Å². The maximum Gasteiger partial charge on any atom is 0.297 e. The molecule has 112 valence electrons. The van der Waals surface area contributed by atoms with Crippen LogP contribution in [0.4, 0.5) is 5.69 Å². The lowest BCUT2D eigenvalue weighted by atomic mass is 10.1. The Hall–Kier alpha value is -1.97. The molecule has 2 aromatic rings. The smallest absolute Gasteiger partial charge is 0.297 e. The molecule has 0 aliphatic rings. The minimum Gasteiger partial charge on any atom is -0.389 e. The lowest BCUT2D eigenvalue weighted by Gasteiger charge is -2.15. The number of hydrogen-bond donors (Lipinski definition) is 3. The first kappa shape index (κ1) is 15.4. The van der Waals surface area contributed by atoms with Crippen LogP contribution < -0.4 is 0 Å². The molecule has 1 aromatic carbocycles. The standard InChI is InChI=1S/C12H13N3O5S/c1-6(16)21-5-9(17)12(18)11-7-3-2-4-8(15(19)20)10(7)13-14-11/h2-4,9,12,17-18H,5H2,1H3,(H,13,14). The number of nitrogens with zero attached hydrogens (tertiary/aromatic N) is 2. The van der Waals surface area contributed by atoms with Crippen molar-refractivity contribution < 1.29 is 19.9 Å². The summed E-state index contributed by atoms with van der Waals surface area (Å²) in [5.41, 5.74) is 0.114. The number of aromatic amines is 1. The summed E-state index contributed by atoms with van der Waals surface area (Å²) in [5.74, 6) is 0.0198. The summed E-state index contributed by atoms with van der Waals surface area (Å²) in [5, 5.41) is 37.4. The third-order valence-corrected chi connectivity index (χ3v) is 3.82. The van der Waals surface area contributed by atoms with E-state index in [2.05, 4.69) is 10.2 Å². The van der Waals surface area contributed by atoms with E-state index < -0.39 is 17.1 Å². The largest absolute Gasteiger partial charge is 0.389 e. The van der Waals surface area contributed by atoms with Crippen molar-refractivity contribution in [1.29, 1.82) is 0 Å². The maximum atomic E-state index is 10.9. The van der Waals surface area contributed by atoms with Crippen molar-refractivity contribution in [1.82, 2.24) is 10.2 Å². The molecule has 9 heteroatoms. The highest BCUT2D eigenvalue weighted by Gasteiger charge is 2.25. The number of thioether (sulfide) groups is 1. The summed E-state index contributed by atoms with van der Waals surface area (Å²) in [6.45, 7) is 1.36. The van der Waals surface area contributed by atoms with Gasteiger partial charge in [0.15, 0.2) is 10.6 Å². The van der Waals surface area contributed by atoms with Crippen LogP contribution >= 0.6 is 11.8 Å². The Morgan fingerprint density at radius 2 is 2.24 bits per heavy atom. The number of nitrogens with one attached hydrogen (secondary N) is 1. The number of carbonyl (C=O) groups excluding carboxylic acids is 1. The zero-order valence-electron chi connectivity index (χ0n) is 11.0. The number of para-hydroxylation sites is 1. The number of H-pyrrole nitrogens is 1. The fourth-order valence-electron chi connectivity index (χ4n) is 1.90. The van der Waals surface area contributed by atoms with E-state index in [1.807, 2.05) is 0 Å². The molecule has 8 nitrogen and oxygen atoms in total. The fourth-order valence-corrected chi connectivity index (χ4v) is 2.49. The van der Waals surface area contributed by atoms with Crippen molar-refractivity contribution in [2.24, 2.45) is 0 Å². The third-order valence-electron chi connectivity index (χ3n) is 2.91. The van der Waals surface area contributed by atoms with E-state index in [0.29, 0.717) is 5.39 Å². The van der Waals surface area contributed by atoms with E-state index in [9.17, 15) is 25.1 Å². The van der Waals surface area contributed by atoms with Gasteiger partial charge < -0.3 is 10.2 Å². The van der Waals surface area contributed by atoms with Crippen LogP contribution in [0.15, 0.2) is 18.2 Å². The number of aromatic nitrogens is 2. The summed E-state index contributed by atoms with van der Waals surface area (Å²) in [6, 6.07) is 4.35. The molecule has 0 saturated heterocycles. The van der Waals surface area contributed by atoms with Crippen LogP contribution in [0, 0.1) is 10.1 Å². The molecule has 2 rings (SSSR count). The van der Waals surface area contributed by atoms with Gasteiger partial charge in [-0.2, -0.15) is 5.10 Å².